The predicted octanol–water partition coefficient (Wildman–Crippen LogP) is 2.52. The molecule has 0 aromatic carbocycles. The van der Waals surface area contributed by atoms with E-state index in [1.165, 1.54) is 0 Å². The largest absolute Gasteiger partial charge is 0.370 e. The Balaban J connectivity index is 2.94. The van der Waals surface area contributed by atoms with Gasteiger partial charge in [-0.05, 0) is 13.3 Å². The third-order valence-electron chi connectivity index (χ3n) is 2.90. The average Bonchev–Trinajstić information content (AvgIpc) is 2.38. The molecule has 114 valence electrons. The van der Waals surface area contributed by atoms with Gasteiger partial charge >= 0.3 is 0 Å². The van der Waals surface area contributed by atoms with Crippen LogP contribution in [-0.4, -0.2) is 39.3 Å². The Labute approximate surface area is 124 Å². The highest BCUT2D eigenvalue weighted by Gasteiger charge is 2.12. The van der Waals surface area contributed by atoms with Gasteiger partial charge < -0.3 is 10.6 Å². The molecule has 0 spiro atoms. The molecule has 0 fully saturated rings. The van der Waals surface area contributed by atoms with Gasteiger partial charge in [-0.25, -0.2) is 9.97 Å². The SMILES string of the molecule is CCCNc1nc(C(C)C)nc(NCCS(C)=O)c1C. The molecule has 0 bridgehead atoms. The molecule has 0 amide bonds. The lowest BCUT2D eigenvalue weighted by Gasteiger charge is -2.16. The standard InChI is InChI=1S/C14H26N4OS/c1-6-7-15-13-11(4)14(16-8-9-20(5)19)18-12(17-13)10(2)3/h10H,6-9H2,1-5H3,(H2,15,16,17,18). The molecule has 0 radical (unpaired) electrons. The van der Waals surface area contributed by atoms with Gasteiger partial charge in [0.2, 0.25) is 0 Å². The molecule has 5 nitrogen and oxygen atoms in total. The topological polar surface area (TPSA) is 66.9 Å². The van der Waals surface area contributed by atoms with Crippen molar-refractivity contribution in [1.82, 2.24) is 9.97 Å². The van der Waals surface area contributed by atoms with Gasteiger partial charge in [0.25, 0.3) is 0 Å². The number of rotatable bonds is 8. The number of hydrogen-bond acceptors (Lipinski definition) is 5. The molecule has 0 aliphatic heterocycles. The van der Waals surface area contributed by atoms with Crippen LogP contribution in [0.3, 0.4) is 0 Å². The summed E-state index contributed by atoms with van der Waals surface area (Å²) < 4.78 is 11.1. The normalized spacial score (nSPS) is 12.5. The minimum Gasteiger partial charge on any atom is -0.370 e. The first-order valence-electron chi connectivity index (χ1n) is 7.12. The summed E-state index contributed by atoms with van der Waals surface area (Å²) in [5.41, 5.74) is 1.02. The van der Waals surface area contributed by atoms with E-state index in [2.05, 4.69) is 41.4 Å². The second kappa shape index (κ2) is 8.19. The molecule has 1 aromatic heterocycles. The Morgan fingerprint density at radius 2 is 1.70 bits per heavy atom. The van der Waals surface area contributed by atoms with Gasteiger partial charge in [-0.15, -0.1) is 0 Å². The van der Waals surface area contributed by atoms with E-state index >= 15 is 0 Å². The first-order valence-corrected chi connectivity index (χ1v) is 8.84. The third-order valence-corrected chi connectivity index (χ3v) is 3.68. The molecule has 0 saturated heterocycles. The maximum atomic E-state index is 11.1. The molecule has 1 aromatic rings. The molecule has 0 saturated carbocycles. The highest BCUT2D eigenvalue weighted by molar-refractivity contribution is 7.84. The maximum Gasteiger partial charge on any atom is 0.135 e. The molecule has 0 aliphatic rings. The number of hydrogen-bond donors (Lipinski definition) is 2. The van der Waals surface area contributed by atoms with Crippen LogP contribution >= 0.6 is 0 Å². The summed E-state index contributed by atoms with van der Waals surface area (Å²) in [5, 5.41) is 6.62. The van der Waals surface area contributed by atoms with Crippen LogP contribution in [0.5, 0.6) is 0 Å². The van der Waals surface area contributed by atoms with Crippen molar-refractivity contribution in [3.05, 3.63) is 11.4 Å². The molecular weight excluding hydrogens is 272 g/mol. The Bertz CT molecular complexity index is 463. The van der Waals surface area contributed by atoms with Crippen molar-refractivity contribution < 1.29 is 4.21 Å². The summed E-state index contributed by atoms with van der Waals surface area (Å²) in [6, 6.07) is 0. The zero-order chi connectivity index (χ0) is 15.1. The molecule has 1 unspecified atom stereocenters. The van der Waals surface area contributed by atoms with Gasteiger partial charge in [0.15, 0.2) is 0 Å². The summed E-state index contributed by atoms with van der Waals surface area (Å²) in [6.45, 7) is 9.85. The average molecular weight is 298 g/mol. The van der Waals surface area contributed by atoms with Crippen LogP contribution in [-0.2, 0) is 10.8 Å². The Hall–Kier alpha value is -1.17. The fourth-order valence-electron chi connectivity index (χ4n) is 1.69. The molecule has 2 N–H and O–H groups in total. The number of nitrogens with zero attached hydrogens (tertiary/aromatic N) is 2. The van der Waals surface area contributed by atoms with Crippen molar-refractivity contribution in [3.63, 3.8) is 0 Å². The lowest BCUT2D eigenvalue weighted by atomic mass is 10.2. The second-order valence-corrected chi connectivity index (χ2v) is 6.74. The monoisotopic (exact) mass is 298 g/mol. The zero-order valence-corrected chi connectivity index (χ0v) is 13.9. The predicted molar refractivity (Wildman–Crippen MR) is 87.1 cm³/mol. The summed E-state index contributed by atoms with van der Waals surface area (Å²) in [5.74, 6) is 3.46. The quantitative estimate of drug-likeness (QED) is 0.772. The van der Waals surface area contributed by atoms with E-state index in [1.54, 1.807) is 6.26 Å². The van der Waals surface area contributed by atoms with Crippen LogP contribution in [0, 0.1) is 6.92 Å². The Morgan fingerprint density at radius 3 is 2.15 bits per heavy atom. The molecule has 1 heterocycles. The molecule has 1 atom stereocenters. The summed E-state index contributed by atoms with van der Waals surface area (Å²) in [4.78, 5) is 9.17. The Kier molecular flexibility index (Phi) is 6.91. The van der Waals surface area contributed by atoms with Crippen LogP contribution in [0.4, 0.5) is 11.6 Å². The van der Waals surface area contributed by atoms with Gasteiger partial charge in [-0.3, -0.25) is 4.21 Å². The maximum absolute atomic E-state index is 11.1. The lowest BCUT2D eigenvalue weighted by Crippen LogP contribution is -2.15. The van der Waals surface area contributed by atoms with Gasteiger partial charge in [0, 0.05) is 47.4 Å². The first-order chi connectivity index (χ1) is 9.45. The molecule has 0 aliphatic carbocycles. The number of anilines is 2. The number of nitrogens with one attached hydrogen (secondary N) is 2. The highest BCUT2D eigenvalue weighted by atomic mass is 32.2. The lowest BCUT2D eigenvalue weighted by molar-refractivity contribution is 0.687. The fourth-order valence-corrected chi connectivity index (χ4v) is 2.08. The van der Waals surface area contributed by atoms with Gasteiger partial charge in [-0.2, -0.15) is 0 Å². The molecule has 20 heavy (non-hydrogen) atoms. The first kappa shape index (κ1) is 16.9. The van der Waals surface area contributed by atoms with Crippen molar-refractivity contribution in [1.29, 1.82) is 0 Å². The van der Waals surface area contributed by atoms with Gasteiger partial charge in [0.1, 0.15) is 17.5 Å². The number of aromatic nitrogens is 2. The van der Waals surface area contributed by atoms with Crippen LogP contribution in [0.1, 0.15) is 44.5 Å². The molecule has 6 heteroatoms. The van der Waals surface area contributed by atoms with E-state index < -0.39 is 10.8 Å². The van der Waals surface area contributed by atoms with Crippen LogP contribution in [0.25, 0.3) is 0 Å². The van der Waals surface area contributed by atoms with Crippen LogP contribution in [0.15, 0.2) is 0 Å². The van der Waals surface area contributed by atoms with Crippen LogP contribution in [0.2, 0.25) is 0 Å². The van der Waals surface area contributed by atoms with Crippen molar-refractivity contribution >= 4 is 22.4 Å². The van der Waals surface area contributed by atoms with Crippen molar-refractivity contribution in [2.24, 2.45) is 0 Å². The van der Waals surface area contributed by atoms with Crippen molar-refractivity contribution in [2.75, 3.05) is 35.7 Å². The van der Waals surface area contributed by atoms with E-state index in [0.29, 0.717) is 12.3 Å². The smallest absolute Gasteiger partial charge is 0.135 e. The fraction of sp³-hybridized carbons (Fsp3) is 0.714. The van der Waals surface area contributed by atoms with E-state index in [-0.39, 0.29) is 5.92 Å². The molecular formula is C14H26N4OS. The van der Waals surface area contributed by atoms with E-state index in [9.17, 15) is 4.21 Å². The second-order valence-electron chi connectivity index (χ2n) is 5.19. The summed E-state index contributed by atoms with van der Waals surface area (Å²) >= 11 is 0. The van der Waals surface area contributed by atoms with Crippen molar-refractivity contribution in [2.45, 2.75) is 40.0 Å². The highest BCUT2D eigenvalue weighted by Crippen LogP contribution is 2.23. The zero-order valence-electron chi connectivity index (χ0n) is 13.1. The van der Waals surface area contributed by atoms with E-state index in [0.717, 1.165) is 36.0 Å². The summed E-state index contributed by atoms with van der Waals surface area (Å²) in [6.07, 6.45) is 2.76. The summed E-state index contributed by atoms with van der Waals surface area (Å²) in [7, 11) is -0.792. The van der Waals surface area contributed by atoms with Gasteiger partial charge in [0.05, 0.1) is 0 Å². The van der Waals surface area contributed by atoms with Crippen molar-refractivity contribution in [3.8, 4) is 0 Å². The van der Waals surface area contributed by atoms with Crippen LogP contribution < -0.4 is 10.6 Å². The minimum absolute atomic E-state index is 0.277. The third kappa shape index (κ3) is 5.07. The minimum atomic E-state index is -0.792. The van der Waals surface area contributed by atoms with Gasteiger partial charge in [-0.1, -0.05) is 20.8 Å². The van der Waals surface area contributed by atoms with E-state index in [1.807, 2.05) is 6.92 Å². The molecule has 1 rings (SSSR count). The van der Waals surface area contributed by atoms with E-state index in [4.69, 9.17) is 0 Å². The Morgan fingerprint density at radius 1 is 1.15 bits per heavy atom.